The van der Waals surface area contributed by atoms with Crippen molar-refractivity contribution in [1.82, 2.24) is 4.98 Å². The average molecular weight is 399 g/mol. The van der Waals surface area contributed by atoms with Crippen molar-refractivity contribution in [2.45, 2.75) is 13.3 Å². The number of nitrogens with zero attached hydrogens (tertiary/aromatic N) is 1. The summed E-state index contributed by atoms with van der Waals surface area (Å²) >= 11 is 1.38. The van der Waals surface area contributed by atoms with Crippen LogP contribution in [0.5, 0.6) is 17.2 Å². The van der Waals surface area contributed by atoms with Gasteiger partial charge in [0.15, 0.2) is 0 Å². The summed E-state index contributed by atoms with van der Waals surface area (Å²) in [6.07, 6.45) is -0.104. The van der Waals surface area contributed by atoms with Crippen molar-refractivity contribution in [3.05, 3.63) is 59.1 Å². The summed E-state index contributed by atoms with van der Waals surface area (Å²) in [5, 5.41) is 11.4. The summed E-state index contributed by atoms with van der Waals surface area (Å²) < 4.78 is 17.0. The van der Waals surface area contributed by atoms with Gasteiger partial charge in [0.25, 0.3) is 0 Å². The Kier molecular flexibility index (Phi) is 6.49. The van der Waals surface area contributed by atoms with Crippen LogP contribution >= 0.6 is 11.3 Å². The third-order valence-electron chi connectivity index (χ3n) is 4.00. The second-order valence-corrected chi connectivity index (χ2v) is 6.90. The normalized spacial score (nSPS) is 10.5. The van der Waals surface area contributed by atoms with Gasteiger partial charge in [-0.25, -0.2) is 4.98 Å². The lowest BCUT2D eigenvalue weighted by Gasteiger charge is -2.13. The third kappa shape index (κ3) is 5.01. The standard InChI is InChI=1S/C21H21NO5S/c1-14-5-3-4-6-18(14)26-9-10-27-19-12-16(25-2)7-8-17(19)21-22-15(13-28-21)11-20(23)24/h3-8,12-13H,9-11H2,1-2H3,(H,23,24). The van der Waals surface area contributed by atoms with Gasteiger partial charge in [-0.1, -0.05) is 18.2 Å². The first kappa shape index (κ1) is 19.7. The third-order valence-corrected chi connectivity index (χ3v) is 4.92. The molecule has 7 heteroatoms. The molecule has 1 N–H and O–H groups in total. The quantitative estimate of drug-likeness (QED) is 0.543. The Balaban J connectivity index is 1.71. The van der Waals surface area contributed by atoms with Crippen molar-refractivity contribution < 1.29 is 24.1 Å². The number of rotatable bonds is 9. The van der Waals surface area contributed by atoms with Crippen LogP contribution in [0.15, 0.2) is 47.8 Å². The molecule has 0 saturated carbocycles. The fourth-order valence-corrected chi connectivity index (χ4v) is 3.46. The zero-order valence-electron chi connectivity index (χ0n) is 15.7. The van der Waals surface area contributed by atoms with Crippen LogP contribution in [-0.2, 0) is 11.2 Å². The van der Waals surface area contributed by atoms with Crippen LogP contribution in [0.4, 0.5) is 0 Å². The van der Waals surface area contributed by atoms with Crippen LogP contribution in [0.3, 0.4) is 0 Å². The minimum Gasteiger partial charge on any atom is -0.497 e. The van der Waals surface area contributed by atoms with Crippen LogP contribution in [0.25, 0.3) is 10.6 Å². The number of carboxylic acids is 1. The van der Waals surface area contributed by atoms with Gasteiger partial charge in [0.05, 0.1) is 24.8 Å². The fraction of sp³-hybridized carbons (Fsp3) is 0.238. The van der Waals surface area contributed by atoms with E-state index in [1.807, 2.05) is 43.3 Å². The number of thiazole rings is 1. The number of aromatic nitrogens is 1. The van der Waals surface area contributed by atoms with E-state index in [-0.39, 0.29) is 6.42 Å². The van der Waals surface area contributed by atoms with Crippen LogP contribution < -0.4 is 14.2 Å². The Morgan fingerprint density at radius 2 is 1.86 bits per heavy atom. The molecule has 3 aromatic rings. The van der Waals surface area contributed by atoms with E-state index in [9.17, 15) is 4.79 Å². The molecule has 0 atom stereocenters. The number of aliphatic carboxylic acids is 1. The van der Waals surface area contributed by atoms with E-state index in [2.05, 4.69) is 4.98 Å². The summed E-state index contributed by atoms with van der Waals surface area (Å²) in [5.74, 6) is 1.21. The number of hydrogen-bond acceptors (Lipinski definition) is 6. The molecule has 0 saturated heterocycles. The molecular weight excluding hydrogens is 378 g/mol. The molecular formula is C21H21NO5S. The molecule has 28 heavy (non-hydrogen) atoms. The molecule has 0 aliphatic carbocycles. The van der Waals surface area contributed by atoms with Gasteiger partial charge < -0.3 is 19.3 Å². The maximum atomic E-state index is 10.9. The topological polar surface area (TPSA) is 77.9 Å². The summed E-state index contributed by atoms with van der Waals surface area (Å²) in [6.45, 7) is 2.74. The van der Waals surface area contributed by atoms with Crippen LogP contribution in [0.1, 0.15) is 11.3 Å². The van der Waals surface area contributed by atoms with Crippen molar-refractivity contribution in [3.8, 4) is 27.8 Å². The second-order valence-electron chi connectivity index (χ2n) is 6.04. The number of carboxylic acid groups (broad SMARTS) is 1. The molecule has 1 aromatic heterocycles. The highest BCUT2D eigenvalue weighted by atomic mass is 32.1. The van der Waals surface area contributed by atoms with Gasteiger partial charge in [-0.3, -0.25) is 4.79 Å². The Bertz CT molecular complexity index is 953. The van der Waals surface area contributed by atoms with E-state index in [1.54, 1.807) is 18.6 Å². The lowest BCUT2D eigenvalue weighted by Crippen LogP contribution is -2.10. The molecule has 0 aliphatic heterocycles. The second kappa shape index (κ2) is 9.23. The van der Waals surface area contributed by atoms with E-state index in [0.717, 1.165) is 16.9 Å². The predicted molar refractivity (Wildman–Crippen MR) is 108 cm³/mol. The SMILES string of the molecule is COc1ccc(-c2nc(CC(=O)O)cs2)c(OCCOc2ccccc2C)c1. The molecule has 1 heterocycles. The molecule has 0 unspecified atom stereocenters. The maximum absolute atomic E-state index is 10.9. The number of benzene rings is 2. The molecule has 2 aromatic carbocycles. The largest absolute Gasteiger partial charge is 0.497 e. The summed E-state index contributed by atoms with van der Waals surface area (Å²) in [4.78, 5) is 15.3. The fourth-order valence-electron chi connectivity index (χ4n) is 2.61. The Hall–Kier alpha value is -3.06. The highest BCUT2D eigenvalue weighted by Crippen LogP contribution is 2.35. The Morgan fingerprint density at radius 3 is 2.57 bits per heavy atom. The van der Waals surface area contributed by atoms with E-state index >= 15 is 0 Å². The first-order valence-corrected chi connectivity index (χ1v) is 9.60. The first-order valence-electron chi connectivity index (χ1n) is 8.72. The summed E-state index contributed by atoms with van der Waals surface area (Å²) in [6, 6.07) is 13.3. The number of hydrogen-bond donors (Lipinski definition) is 1. The molecule has 0 radical (unpaired) electrons. The molecule has 0 amide bonds. The van der Waals surface area contributed by atoms with Crippen LogP contribution in [0, 0.1) is 6.92 Å². The average Bonchev–Trinajstić information content (AvgIpc) is 3.13. The van der Waals surface area contributed by atoms with Crippen LogP contribution in [0.2, 0.25) is 0 Å². The van der Waals surface area contributed by atoms with E-state index in [4.69, 9.17) is 19.3 Å². The van der Waals surface area contributed by atoms with Crippen molar-refractivity contribution in [2.24, 2.45) is 0 Å². The molecule has 3 rings (SSSR count). The molecule has 0 aliphatic rings. The monoisotopic (exact) mass is 399 g/mol. The zero-order valence-corrected chi connectivity index (χ0v) is 16.5. The Labute approximate surface area is 167 Å². The van der Waals surface area contributed by atoms with Gasteiger partial charge in [0, 0.05) is 11.4 Å². The van der Waals surface area contributed by atoms with Gasteiger partial charge in [-0.2, -0.15) is 0 Å². The minimum atomic E-state index is -0.906. The van der Waals surface area contributed by atoms with E-state index < -0.39 is 5.97 Å². The van der Waals surface area contributed by atoms with Gasteiger partial charge in [0.1, 0.15) is 35.5 Å². The number of para-hydroxylation sites is 1. The van der Waals surface area contributed by atoms with Gasteiger partial charge >= 0.3 is 5.97 Å². The van der Waals surface area contributed by atoms with Crippen molar-refractivity contribution >= 4 is 17.3 Å². The number of methoxy groups -OCH3 is 1. The molecule has 0 bridgehead atoms. The van der Waals surface area contributed by atoms with Gasteiger partial charge in [-0.05, 0) is 30.7 Å². The molecule has 146 valence electrons. The minimum absolute atomic E-state index is 0.104. The highest BCUT2D eigenvalue weighted by molar-refractivity contribution is 7.13. The molecule has 0 fully saturated rings. The van der Waals surface area contributed by atoms with Crippen LogP contribution in [-0.4, -0.2) is 36.4 Å². The van der Waals surface area contributed by atoms with Gasteiger partial charge in [0.2, 0.25) is 0 Å². The lowest BCUT2D eigenvalue weighted by atomic mass is 10.2. The van der Waals surface area contributed by atoms with Crippen molar-refractivity contribution in [3.63, 3.8) is 0 Å². The van der Waals surface area contributed by atoms with E-state index in [0.29, 0.717) is 35.4 Å². The Morgan fingerprint density at radius 1 is 1.11 bits per heavy atom. The van der Waals surface area contributed by atoms with Crippen molar-refractivity contribution in [2.75, 3.05) is 20.3 Å². The summed E-state index contributed by atoms with van der Waals surface area (Å²) in [5.41, 5.74) is 2.38. The number of ether oxygens (including phenoxy) is 3. The smallest absolute Gasteiger partial charge is 0.309 e. The predicted octanol–water partition coefficient (Wildman–Crippen LogP) is 4.21. The zero-order chi connectivity index (χ0) is 19.9. The van der Waals surface area contributed by atoms with Crippen molar-refractivity contribution in [1.29, 1.82) is 0 Å². The lowest BCUT2D eigenvalue weighted by molar-refractivity contribution is -0.136. The molecule has 0 spiro atoms. The van der Waals surface area contributed by atoms with E-state index in [1.165, 1.54) is 11.3 Å². The highest BCUT2D eigenvalue weighted by Gasteiger charge is 2.14. The number of carbonyl (C=O) groups is 1. The number of aryl methyl sites for hydroxylation is 1. The summed E-state index contributed by atoms with van der Waals surface area (Å²) in [7, 11) is 1.59. The molecule has 6 nitrogen and oxygen atoms in total. The first-order chi connectivity index (χ1) is 13.6. The van der Waals surface area contributed by atoms with Gasteiger partial charge in [-0.15, -0.1) is 11.3 Å². The maximum Gasteiger partial charge on any atom is 0.309 e.